The number of amides is 1. The second kappa shape index (κ2) is 7.85. The van der Waals surface area contributed by atoms with Crippen LogP contribution in [0.4, 0.5) is 18.9 Å². The Balaban J connectivity index is 2.23. The molecule has 0 aromatic carbocycles. The quantitative estimate of drug-likeness (QED) is 0.576. The van der Waals surface area contributed by atoms with Gasteiger partial charge in [0.1, 0.15) is 5.69 Å². The van der Waals surface area contributed by atoms with E-state index in [0.29, 0.717) is 18.0 Å². The number of carbonyl (C=O) groups is 1. The third-order valence-electron chi connectivity index (χ3n) is 4.60. The molecule has 0 aliphatic rings. The van der Waals surface area contributed by atoms with Crippen molar-refractivity contribution >= 4 is 22.6 Å². The lowest BCUT2D eigenvalue weighted by molar-refractivity contribution is -0.137. The first-order valence-electron chi connectivity index (χ1n) is 9.23. The number of halogens is 3. The zero-order valence-electron chi connectivity index (χ0n) is 16.7. The monoisotopic (exact) mass is 437 g/mol. The number of aryl methyl sites for hydroxylation is 1. The number of nitrogens with one attached hydrogen (secondary N) is 3. The van der Waals surface area contributed by atoms with E-state index in [1.807, 2.05) is 4.98 Å². The molecule has 31 heavy (non-hydrogen) atoms. The number of rotatable bonds is 4. The van der Waals surface area contributed by atoms with E-state index in [0.717, 1.165) is 4.57 Å². The Morgan fingerprint density at radius 3 is 2.45 bits per heavy atom. The van der Waals surface area contributed by atoms with Crippen LogP contribution >= 0.6 is 0 Å². The van der Waals surface area contributed by atoms with Crippen LogP contribution in [-0.2, 0) is 12.7 Å². The number of alkyl halides is 3. The van der Waals surface area contributed by atoms with Crippen LogP contribution < -0.4 is 22.1 Å². The molecule has 0 saturated heterocycles. The Bertz CT molecular complexity index is 1350. The van der Waals surface area contributed by atoms with Crippen molar-refractivity contribution in [2.24, 2.45) is 0 Å². The summed E-state index contributed by atoms with van der Waals surface area (Å²) in [6, 6.07) is 1.81. The van der Waals surface area contributed by atoms with Gasteiger partial charge < -0.3 is 10.3 Å². The summed E-state index contributed by atoms with van der Waals surface area (Å²) in [5.74, 6) is -1.20. The van der Waals surface area contributed by atoms with Gasteiger partial charge in [-0.05, 0) is 25.0 Å². The van der Waals surface area contributed by atoms with Crippen molar-refractivity contribution in [2.45, 2.75) is 39.4 Å². The molecular formula is C19H18F3N5O4. The Morgan fingerprint density at radius 2 is 1.87 bits per heavy atom. The molecule has 0 aliphatic heterocycles. The van der Waals surface area contributed by atoms with Crippen molar-refractivity contribution in [2.75, 3.05) is 5.32 Å². The fourth-order valence-corrected chi connectivity index (χ4v) is 2.99. The van der Waals surface area contributed by atoms with Gasteiger partial charge >= 0.3 is 11.9 Å². The molecule has 0 fully saturated rings. The number of fused-ring (bicyclic) bond motifs is 1. The second-order valence-corrected chi connectivity index (χ2v) is 7.03. The molecule has 3 N–H and O–H groups in total. The number of anilines is 1. The first kappa shape index (κ1) is 22.0. The maximum atomic E-state index is 13.0. The lowest BCUT2D eigenvalue weighted by atomic mass is 10.0. The molecule has 0 bridgehead atoms. The third-order valence-corrected chi connectivity index (χ3v) is 4.60. The van der Waals surface area contributed by atoms with Crippen LogP contribution in [0, 0.1) is 0 Å². The maximum Gasteiger partial charge on any atom is 0.417 e. The normalized spacial score (nSPS) is 11.8. The lowest BCUT2D eigenvalue weighted by Crippen LogP contribution is -2.32. The molecule has 0 atom stereocenters. The summed E-state index contributed by atoms with van der Waals surface area (Å²) in [5.41, 5.74) is -4.24. The van der Waals surface area contributed by atoms with E-state index in [4.69, 9.17) is 0 Å². The third kappa shape index (κ3) is 4.13. The molecule has 0 aliphatic carbocycles. The van der Waals surface area contributed by atoms with E-state index in [9.17, 15) is 32.3 Å². The standard InChI is InChI=1S/C19H18F3N5O4/c1-4-27-14-13(17(30)26-18(27)31)10(6-11(24-14)8(2)3)15(28)25-12-5-9(19(20,21)22)7-23-16(12)29/h5-8H,4H2,1-3H3,(H,23,29)(H,25,28)(H,26,30,31). The van der Waals surface area contributed by atoms with Gasteiger partial charge in [0.05, 0.1) is 16.5 Å². The number of hydrogen-bond donors (Lipinski definition) is 3. The van der Waals surface area contributed by atoms with Gasteiger partial charge in [-0.2, -0.15) is 13.2 Å². The molecule has 0 radical (unpaired) electrons. The largest absolute Gasteiger partial charge is 0.417 e. The van der Waals surface area contributed by atoms with Crippen LogP contribution in [0.2, 0.25) is 0 Å². The fraction of sp³-hybridized carbons (Fsp3) is 0.316. The predicted octanol–water partition coefficient (Wildman–Crippen LogP) is 2.19. The van der Waals surface area contributed by atoms with Crippen molar-refractivity contribution in [3.8, 4) is 0 Å². The van der Waals surface area contributed by atoms with Crippen molar-refractivity contribution in [3.63, 3.8) is 0 Å². The lowest BCUT2D eigenvalue weighted by Gasteiger charge is -2.14. The maximum absolute atomic E-state index is 13.0. The molecular weight excluding hydrogens is 419 g/mol. The Kier molecular flexibility index (Phi) is 5.57. The summed E-state index contributed by atoms with van der Waals surface area (Å²) in [6.07, 6.45) is -4.26. The zero-order chi connectivity index (χ0) is 23.1. The average Bonchev–Trinajstić information content (AvgIpc) is 2.67. The topological polar surface area (TPSA) is 130 Å². The van der Waals surface area contributed by atoms with Gasteiger partial charge in [-0.1, -0.05) is 13.8 Å². The van der Waals surface area contributed by atoms with E-state index < -0.39 is 40.1 Å². The molecule has 9 nitrogen and oxygen atoms in total. The zero-order valence-corrected chi connectivity index (χ0v) is 16.7. The van der Waals surface area contributed by atoms with Crippen LogP contribution in [0.5, 0.6) is 0 Å². The summed E-state index contributed by atoms with van der Waals surface area (Å²) in [4.78, 5) is 57.8. The molecule has 0 unspecified atom stereocenters. The van der Waals surface area contributed by atoms with Crippen LogP contribution in [0.3, 0.4) is 0 Å². The van der Waals surface area contributed by atoms with Gasteiger partial charge in [-0.15, -0.1) is 0 Å². The van der Waals surface area contributed by atoms with Gasteiger partial charge in [0.25, 0.3) is 17.0 Å². The van der Waals surface area contributed by atoms with Gasteiger partial charge in [0.2, 0.25) is 0 Å². The minimum Gasteiger partial charge on any atom is -0.327 e. The molecule has 0 spiro atoms. The summed E-state index contributed by atoms with van der Waals surface area (Å²) >= 11 is 0. The van der Waals surface area contributed by atoms with E-state index in [1.165, 1.54) is 6.07 Å². The number of aromatic amines is 2. The van der Waals surface area contributed by atoms with Crippen molar-refractivity contribution in [1.29, 1.82) is 0 Å². The average molecular weight is 437 g/mol. The van der Waals surface area contributed by atoms with Crippen molar-refractivity contribution in [1.82, 2.24) is 19.5 Å². The number of H-pyrrole nitrogens is 2. The van der Waals surface area contributed by atoms with Gasteiger partial charge in [-0.25, -0.2) is 9.78 Å². The van der Waals surface area contributed by atoms with E-state index in [-0.39, 0.29) is 29.1 Å². The Hall–Kier alpha value is -3.70. The Labute approximate surface area is 172 Å². The number of carbonyl (C=O) groups excluding carboxylic acids is 1. The van der Waals surface area contributed by atoms with Gasteiger partial charge in [0, 0.05) is 18.4 Å². The number of nitrogens with zero attached hydrogens (tertiary/aromatic N) is 2. The summed E-state index contributed by atoms with van der Waals surface area (Å²) in [5, 5.41) is 1.91. The Morgan fingerprint density at radius 1 is 1.19 bits per heavy atom. The van der Waals surface area contributed by atoms with Crippen LogP contribution in [0.25, 0.3) is 11.0 Å². The highest BCUT2D eigenvalue weighted by molar-refractivity contribution is 6.11. The van der Waals surface area contributed by atoms with Crippen LogP contribution in [0.1, 0.15) is 48.3 Å². The molecule has 12 heteroatoms. The van der Waals surface area contributed by atoms with E-state index in [2.05, 4.69) is 15.3 Å². The molecule has 3 aromatic rings. The first-order valence-corrected chi connectivity index (χ1v) is 9.23. The molecule has 1 amide bonds. The molecule has 3 rings (SSSR count). The van der Waals surface area contributed by atoms with Crippen molar-refractivity contribution in [3.05, 3.63) is 66.3 Å². The summed E-state index contributed by atoms with van der Waals surface area (Å²) in [7, 11) is 0. The molecule has 3 heterocycles. The fourth-order valence-electron chi connectivity index (χ4n) is 2.99. The number of aromatic nitrogens is 4. The predicted molar refractivity (Wildman–Crippen MR) is 106 cm³/mol. The molecule has 164 valence electrons. The summed E-state index contributed by atoms with van der Waals surface area (Å²) in [6.45, 7) is 5.34. The highest BCUT2D eigenvalue weighted by Gasteiger charge is 2.31. The van der Waals surface area contributed by atoms with Gasteiger partial charge in [-0.3, -0.25) is 23.9 Å². The molecule has 0 saturated carbocycles. The smallest absolute Gasteiger partial charge is 0.327 e. The van der Waals surface area contributed by atoms with E-state index in [1.54, 1.807) is 20.8 Å². The number of hydrogen-bond acceptors (Lipinski definition) is 5. The van der Waals surface area contributed by atoms with Crippen LogP contribution in [-0.4, -0.2) is 25.4 Å². The summed E-state index contributed by atoms with van der Waals surface area (Å²) < 4.78 is 40.1. The molecule has 3 aromatic heterocycles. The second-order valence-electron chi connectivity index (χ2n) is 7.03. The highest BCUT2D eigenvalue weighted by Crippen LogP contribution is 2.29. The van der Waals surface area contributed by atoms with Crippen molar-refractivity contribution < 1.29 is 18.0 Å². The highest BCUT2D eigenvalue weighted by atomic mass is 19.4. The van der Waals surface area contributed by atoms with Gasteiger partial charge in [0.15, 0.2) is 5.65 Å². The minimum atomic E-state index is -4.74. The first-order chi connectivity index (χ1) is 14.4. The number of pyridine rings is 2. The van der Waals surface area contributed by atoms with E-state index >= 15 is 0 Å². The SMILES string of the molecule is CCn1c(=O)[nH]c(=O)c2c(C(=O)Nc3cc(C(F)(F)F)c[nH]c3=O)cc(C(C)C)nc21. The minimum absolute atomic E-state index is 0.0365. The van der Waals surface area contributed by atoms with Crippen LogP contribution in [0.15, 0.2) is 32.7 Å².